The summed E-state index contributed by atoms with van der Waals surface area (Å²) in [5.74, 6) is 0.288. The quantitative estimate of drug-likeness (QED) is 0.509. The van der Waals surface area contributed by atoms with Crippen molar-refractivity contribution in [3.05, 3.63) is 24.3 Å². The third kappa shape index (κ3) is 5.46. The largest absolute Gasteiger partial charge is 0.341 e. The first-order valence-electron chi connectivity index (χ1n) is 7.12. The number of aromatic amines is 1. The highest BCUT2D eigenvalue weighted by atomic mass is 32.2. The summed E-state index contributed by atoms with van der Waals surface area (Å²) in [4.78, 5) is 6.88. The molecule has 1 atom stereocenters. The number of nitrogens with zero attached hydrogens (tertiary/aromatic N) is 1. The molecule has 114 valence electrons. The van der Waals surface area contributed by atoms with Gasteiger partial charge in [-0.05, 0) is 12.5 Å². The second kappa shape index (κ2) is 8.21. The Morgan fingerprint density at radius 3 is 2.55 bits per heavy atom. The van der Waals surface area contributed by atoms with Crippen LogP contribution in [0.25, 0.3) is 6.08 Å². The minimum absolute atomic E-state index is 0.288. The molecule has 0 aromatic carbocycles. The Bertz CT molecular complexity index is 508. The van der Waals surface area contributed by atoms with E-state index in [1.165, 1.54) is 25.5 Å². The van der Waals surface area contributed by atoms with E-state index in [0.29, 0.717) is 12.1 Å². The third-order valence-electron chi connectivity index (χ3n) is 3.32. The first kappa shape index (κ1) is 16.9. The lowest BCUT2D eigenvalue weighted by atomic mass is 10.1. The summed E-state index contributed by atoms with van der Waals surface area (Å²) in [5.41, 5.74) is 0.650. The number of hydrogen-bond acceptors (Lipinski definition) is 3. The number of aromatic nitrogens is 2. The van der Waals surface area contributed by atoms with Crippen molar-refractivity contribution in [3.63, 3.8) is 0 Å². The zero-order valence-corrected chi connectivity index (χ0v) is 12.8. The number of rotatable bonds is 10. The van der Waals surface area contributed by atoms with Crippen LogP contribution in [0.2, 0.25) is 0 Å². The first-order valence-corrected chi connectivity index (χ1v) is 8.63. The summed E-state index contributed by atoms with van der Waals surface area (Å²) < 4.78 is 32.3. The Kier molecular flexibility index (Phi) is 6.95. The summed E-state index contributed by atoms with van der Waals surface area (Å²) in [6, 6.07) is 0. The lowest BCUT2D eigenvalue weighted by Crippen LogP contribution is -2.14. The predicted octanol–water partition coefficient (Wildman–Crippen LogP) is 3.73. The van der Waals surface area contributed by atoms with Gasteiger partial charge in [-0.3, -0.25) is 4.55 Å². The van der Waals surface area contributed by atoms with Crippen molar-refractivity contribution in [1.82, 2.24) is 9.97 Å². The molecular weight excluding hydrogens is 276 g/mol. The van der Waals surface area contributed by atoms with Gasteiger partial charge in [0.15, 0.2) is 0 Å². The van der Waals surface area contributed by atoms with Crippen molar-refractivity contribution >= 4 is 16.2 Å². The zero-order chi connectivity index (χ0) is 15.0. The molecule has 0 bridgehead atoms. The topological polar surface area (TPSA) is 83.1 Å². The van der Waals surface area contributed by atoms with E-state index in [0.717, 1.165) is 19.3 Å². The molecule has 1 aromatic rings. The van der Waals surface area contributed by atoms with Gasteiger partial charge in [0, 0.05) is 0 Å². The van der Waals surface area contributed by atoms with Crippen LogP contribution in [0.5, 0.6) is 0 Å². The van der Waals surface area contributed by atoms with Crippen molar-refractivity contribution < 1.29 is 13.0 Å². The van der Waals surface area contributed by atoms with E-state index >= 15 is 0 Å². The SMILES string of the molecule is C=Cc1cnc(C(CCCCCCCC)S(=O)(=O)O)[nH]1. The van der Waals surface area contributed by atoms with Crippen molar-refractivity contribution in [1.29, 1.82) is 0 Å². The Morgan fingerprint density at radius 1 is 1.35 bits per heavy atom. The van der Waals surface area contributed by atoms with Crippen LogP contribution < -0.4 is 0 Å². The van der Waals surface area contributed by atoms with E-state index in [1.54, 1.807) is 6.08 Å². The fraction of sp³-hybridized carbons (Fsp3) is 0.643. The van der Waals surface area contributed by atoms with Crippen LogP contribution in [-0.2, 0) is 10.1 Å². The van der Waals surface area contributed by atoms with Crippen LogP contribution in [0.4, 0.5) is 0 Å². The highest BCUT2D eigenvalue weighted by Gasteiger charge is 2.27. The second-order valence-electron chi connectivity index (χ2n) is 4.99. The van der Waals surface area contributed by atoms with Crippen molar-refractivity contribution in [2.45, 2.75) is 57.1 Å². The van der Waals surface area contributed by atoms with Gasteiger partial charge < -0.3 is 4.98 Å². The van der Waals surface area contributed by atoms with E-state index < -0.39 is 15.4 Å². The molecule has 0 saturated heterocycles. The Balaban J connectivity index is 2.56. The maximum Gasteiger partial charge on any atom is 0.275 e. The van der Waals surface area contributed by atoms with E-state index in [1.807, 2.05) is 0 Å². The van der Waals surface area contributed by atoms with Gasteiger partial charge in [-0.15, -0.1) is 0 Å². The summed E-state index contributed by atoms with van der Waals surface area (Å²) >= 11 is 0. The zero-order valence-electron chi connectivity index (χ0n) is 12.0. The molecule has 0 spiro atoms. The van der Waals surface area contributed by atoms with E-state index in [4.69, 9.17) is 0 Å². The number of unbranched alkanes of at least 4 members (excludes halogenated alkanes) is 5. The van der Waals surface area contributed by atoms with E-state index in [9.17, 15) is 13.0 Å². The van der Waals surface area contributed by atoms with Crippen LogP contribution in [0.3, 0.4) is 0 Å². The molecule has 0 amide bonds. The van der Waals surface area contributed by atoms with Gasteiger partial charge in [-0.25, -0.2) is 4.98 Å². The van der Waals surface area contributed by atoms with Crippen LogP contribution in [0.15, 0.2) is 12.8 Å². The maximum atomic E-state index is 11.5. The molecule has 1 unspecified atom stereocenters. The molecule has 6 heteroatoms. The van der Waals surface area contributed by atoms with E-state index in [2.05, 4.69) is 23.5 Å². The van der Waals surface area contributed by atoms with Gasteiger partial charge >= 0.3 is 0 Å². The first-order chi connectivity index (χ1) is 9.49. The molecule has 0 aliphatic carbocycles. The Morgan fingerprint density at radius 2 is 2.00 bits per heavy atom. The molecule has 1 rings (SSSR count). The van der Waals surface area contributed by atoms with Crippen molar-refractivity contribution in [2.75, 3.05) is 0 Å². The van der Waals surface area contributed by atoms with Gasteiger partial charge in [0.25, 0.3) is 10.1 Å². The van der Waals surface area contributed by atoms with Gasteiger partial charge in [0.2, 0.25) is 0 Å². The van der Waals surface area contributed by atoms with Crippen LogP contribution in [0, 0.1) is 0 Å². The summed E-state index contributed by atoms with van der Waals surface area (Å²) in [6.45, 7) is 5.74. The van der Waals surface area contributed by atoms with Crippen LogP contribution in [-0.4, -0.2) is 22.9 Å². The maximum absolute atomic E-state index is 11.5. The normalized spacial score (nSPS) is 13.3. The average molecular weight is 300 g/mol. The van der Waals surface area contributed by atoms with Crippen molar-refractivity contribution in [3.8, 4) is 0 Å². The number of nitrogens with one attached hydrogen (secondary N) is 1. The molecule has 0 aliphatic heterocycles. The predicted molar refractivity (Wildman–Crippen MR) is 81.0 cm³/mol. The average Bonchev–Trinajstić information content (AvgIpc) is 2.84. The number of imidazole rings is 1. The monoisotopic (exact) mass is 300 g/mol. The number of hydrogen-bond donors (Lipinski definition) is 2. The lowest BCUT2D eigenvalue weighted by Gasteiger charge is -2.11. The summed E-state index contributed by atoms with van der Waals surface area (Å²) in [7, 11) is -4.14. The molecule has 5 nitrogen and oxygen atoms in total. The van der Waals surface area contributed by atoms with Crippen LogP contribution >= 0.6 is 0 Å². The third-order valence-corrected chi connectivity index (χ3v) is 4.50. The van der Waals surface area contributed by atoms with Gasteiger partial charge in [0.05, 0.1) is 11.9 Å². The Labute approximate surface area is 121 Å². The molecular formula is C14H24N2O3S. The van der Waals surface area contributed by atoms with E-state index in [-0.39, 0.29) is 5.82 Å². The fourth-order valence-corrected chi connectivity index (χ4v) is 3.02. The molecule has 0 aliphatic rings. The lowest BCUT2D eigenvalue weighted by molar-refractivity contribution is 0.455. The number of H-pyrrole nitrogens is 1. The summed E-state index contributed by atoms with van der Waals surface area (Å²) in [6.07, 6.45) is 9.86. The smallest absolute Gasteiger partial charge is 0.275 e. The minimum Gasteiger partial charge on any atom is -0.341 e. The highest BCUT2D eigenvalue weighted by molar-refractivity contribution is 7.86. The molecule has 0 saturated carbocycles. The molecule has 1 aromatic heterocycles. The Hall–Kier alpha value is -1.14. The molecule has 0 radical (unpaired) electrons. The highest BCUT2D eigenvalue weighted by Crippen LogP contribution is 2.25. The molecule has 20 heavy (non-hydrogen) atoms. The van der Waals surface area contributed by atoms with Crippen LogP contribution in [0.1, 0.15) is 68.6 Å². The summed E-state index contributed by atoms with van der Waals surface area (Å²) in [5, 5.41) is -0.970. The minimum atomic E-state index is -4.14. The van der Waals surface area contributed by atoms with Gasteiger partial charge in [-0.2, -0.15) is 8.42 Å². The fourth-order valence-electron chi connectivity index (χ4n) is 2.16. The standard InChI is InChI=1S/C14H24N2O3S/c1-3-5-6-7-8-9-10-13(20(17,18)19)14-15-11-12(4-2)16-14/h4,11,13H,2-3,5-10H2,1H3,(H,15,16)(H,17,18,19). The molecule has 0 fully saturated rings. The molecule has 2 N–H and O–H groups in total. The van der Waals surface area contributed by atoms with Gasteiger partial charge in [0.1, 0.15) is 11.1 Å². The van der Waals surface area contributed by atoms with Gasteiger partial charge in [-0.1, -0.05) is 52.0 Å². The second-order valence-corrected chi connectivity index (χ2v) is 6.59. The molecule has 1 heterocycles. The van der Waals surface area contributed by atoms with Crippen molar-refractivity contribution in [2.24, 2.45) is 0 Å².